The maximum atomic E-state index is 6.32. The molecule has 0 spiro atoms. The smallest absolute Gasteiger partial charge is 0.409 e. The van der Waals surface area contributed by atoms with Crippen LogP contribution < -0.4 is 13.6 Å². The Labute approximate surface area is 171 Å². The minimum absolute atomic E-state index is 0.713. The topological polar surface area (TPSA) is 27.7 Å². The van der Waals surface area contributed by atoms with Crippen LogP contribution in [0.2, 0.25) is 0 Å². The lowest BCUT2D eigenvalue weighted by Gasteiger charge is -2.19. The Kier molecular flexibility index (Phi) is 4.90. The van der Waals surface area contributed by atoms with Crippen molar-refractivity contribution in [3.8, 4) is 28.4 Å². The molecule has 0 atom stereocenters. The zero-order valence-corrected chi connectivity index (χ0v) is 16.6. The zero-order chi connectivity index (χ0) is 19.5. The van der Waals surface area contributed by atoms with Gasteiger partial charge in [0.15, 0.2) is 0 Å². The average molecular weight is 398 g/mol. The van der Waals surface area contributed by atoms with Gasteiger partial charge in [-0.15, -0.1) is 0 Å². The van der Waals surface area contributed by atoms with Crippen LogP contribution in [0, 0.1) is 0 Å². The summed E-state index contributed by atoms with van der Waals surface area (Å²) in [7, 11) is -1.67. The van der Waals surface area contributed by atoms with Gasteiger partial charge in [-0.3, -0.25) is 0 Å². The third-order valence-electron chi connectivity index (χ3n) is 4.83. The average Bonchev–Trinajstić information content (AvgIpc) is 3.15. The van der Waals surface area contributed by atoms with Gasteiger partial charge in [0.25, 0.3) is 0 Å². The van der Waals surface area contributed by atoms with Crippen LogP contribution in [0.3, 0.4) is 0 Å². The van der Waals surface area contributed by atoms with E-state index in [0.717, 1.165) is 12.2 Å². The lowest BCUT2D eigenvalue weighted by atomic mass is 10.1. The third kappa shape index (κ3) is 3.83. The molecule has 3 nitrogen and oxygen atoms in total. The molecule has 0 aromatic heterocycles. The van der Waals surface area contributed by atoms with Gasteiger partial charge in [-0.05, 0) is 47.0 Å². The Balaban J connectivity index is 1.45. The molecule has 0 radical (unpaired) electrons. The standard InChI is InChI=1S/C25H19O3P/c1-3-11-20(12-4-1)26-29(27-21-13-5-2-6-14-21)28-25-17-9-16-23-22-15-8-7-10-19(22)18-24(23)25/h1-17H,18H2. The highest BCUT2D eigenvalue weighted by atomic mass is 31.2. The molecule has 142 valence electrons. The fourth-order valence-corrected chi connectivity index (χ4v) is 4.52. The van der Waals surface area contributed by atoms with Crippen molar-refractivity contribution in [3.05, 3.63) is 114 Å². The summed E-state index contributed by atoms with van der Waals surface area (Å²) in [6.45, 7) is 0. The first-order chi connectivity index (χ1) is 14.4. The van der Waals surface area contributed by atoms with Gasteiger partial charge in [0, 0.05) is 12.0 Å². The van der Waals surface area contributed by atoms with E-state index in [-0.39, 0.29) is 0 Å². The molecule has 0 amide bonds. The van der Waals surface area contributed by atoms with Crippen molar-refractivity contribution < 1.29 is 13.6 Å². The maximum Gasteiger partial charge on any atom is 0.530 e. The fourth-order valence-electron chi connectivity index (χ4n) is 3.48. The molecule has 0 saturated heterocycles. The van der Waals surface area contributed by atoms with E-state index in [1.807, 2.05) is 72.8 Å². The molecule has 0 N–H and O–H groups in total. The summed E-state index contributed by atoms with van der Waals surface area (Å²) < 4.78 is 18.5. The lowest BCUT2D eigenvalue weighted by Crippen LogP contribution is -2.03. The van der Waals surface area contributed by atoms with Gasteiger partial charge in [0.2, 0.25) is 0 Å². The predicted molar refractivity (Wildman–Crippen MR) is 116 cm³/mol. The molecule has 0 heterocycles. The van der Waals surface area contributed by atoms with Crippen molar-refractivity contribution in [1.29, 1.82) is 0 Å². The lowest BCUT2D eigenvalue weighted by molar-refractivity contribution is 0.387. The second kappa shape index (κ2) is 7.98. The van der Waals surface area contributed by atoms with Crippen molar-refractivity contribution >= 4 is 8.60 Å². The molecular weight excluding hydrogens is 379 g/mol. The predicted octanol–water partition coefficient (Wildman–Crippen LogP) is 7.02. The van der Waals surface area contributed by atoms with E-state index in [0.29, 0.717) is 11.5 Å². The Morgan fingerprint density at radius 3 is 1.79 bits per heavy atom. The second-order valence-electron chi connectivity index (χ2n) is 6.74. The van der Waals surface area contributed by atoms with Crippen LogP contribution >= 0.6 is 8.60 Å². The van der Waals surface area contributed by atoms with Gasteiger partial charge in [0.1, 0.15) is 17.2 Å². The van der Waals surface area contributed by atoms with Crippen molar-refractivity contribution in [2.75, 3.05) is 0 Å². The summed E-state index contributed by atoms with van der Waals surface area (Å²) in [6, 6.07) is 33.9. The van der Waals surface area contributed by atoms with Gasteiger partial charge in [-0.1, -0.05) is 72.8 Å². The molecule has 0 unspecified atom stereocenters. The molecule has 0 fully saturated rings. The zero-order valence-electron chi connectivity index (χ0n) is 15.7. The number of hydrogen-bond acceptors (Lipinski definition) is 3. The van der Waals surface area contributed by atoms with Crippen LogP contribution in [0.4, 0.5) is 0 Å². The van der Waals surface area contributed by atoms with Gasteiger partial charge in [0.05, 0.1) is 0 Å². The van der Waals surface area contributed by atoms with Gasteiger partial charge in [-0.2, -0.15) is 0 Å². The van der Waals surface area contributed by atoms with E-state index in [1.54, 1.807) is 0 Å². The molecule has 4 aromatic rings. The quantitative estimate of drug-likeness (QED) is 0.288. The summed E-state index contributed by atoms with van der Waals surface area (Å²) in [6.07, 6.45) is 0.849. The Bertz CT molecular complexity index is 1070. The van der Waals surface area contributed by atoms with E-state index in [2.05, 4.69) is 30.3 Å². The summed E-state index contributed by atoms with van der Waals surface area (Å²) in [5, 5.41) is 0. The molecule has 29 heavy (non-hydrogen) atoms. The fraction of sp³-hybridized carbons (Fsp3) is 0.0400. The maximum absolute atomic E-state index is 6.32. The first-order valence-electron chi connectivity index (χ1n) is 9.51. The Morgan fingerprint density at radius 2 is 1.10 bits per heavy atom. The molecule has 1 aliphatic carbocycles. The highest BCUT2D eigenvalue weighted by Gasteiger charge is 2.26. The summed E-state index contributed by atoms with van der Waals surface area (Å²) in [5.74, 6) is 2.23. The minimum Gasteiger partial charge on any atom is -0.409 e. The number of fused-ring (bicyclic) bond motifs is 3. The van der Waals surface area contributed by atoms with Crippen LogP contribution in [0.15, 0.2) is 103 Å². The molecule has 4 heteroatoms. The number of benzene rings is 4. The van der Waals surface area contributed by atoms with Gasteiger partial charge >= 0.3 is 8.60 Å². The van der Waals surface area contributed by atoms with Crippen molar-refractivity contribution in [2.45, 2.75) is 6.42 Å². The Hall–Kier alpha value is -3.29. The van der Waals surface area contributed by atoms with Crippen LogP contribution in [0.5, 0.6) is 17.2 Å². The molecule has 0 aliphatic heterocycles. The van der Waals surface area contributed by atoms with E-state index in [1.165, 1.54) is 22.3 Å². The third-order valence-corrected chi connectivity index (χ3v) is 5.89. The number of rotatable bonds is 6. The summed E-state index contributed by atoms with van der Waals surface area (Å²) >= 11 is 0. The highest BCUT2D eigenvalue weighted by molar-refractivity contribution is 7.43. The highest BCUT2D eigenvalue weighted by Crippen LogP contribution is 2.47. The van der Waals surface area contributed by atoms with Gasteiger partial charge in [-0.25, -0.2) is 0 Å². The largest absolute Gasteiger partial charge is 0.530 e. The second-order valence-corrected chi connectivity index (χ2v) is 7.73. The van der Waals surface area contributed by atoms with E-state index in [4.69, 9.17) is 13.6 Å². The van der Waals surface area contributed by atoms with Gasteiger partial charge < -0.3 is 13.6 Å². The Morgan fingerprint density at radius 1 is 0.517 bits per heavy atom. The normalized spacial score (nSPS) is 11.6. The first-order valence-corrected chi connectivity index (χ1v) is 10.6. The van der Waals surface area contributed by atoms with E-state index < -0.39 is 8.60 Å². The minimum atomic E-state index is -1.67. The SMILES string of the molecule is c1ccc(OP(Oc2ccccc2)Oc2cccc3c2Cc2ccccc2-3)cc1. The first kappa shape index (κ1) is 17.8. The molecule has 0 saturated carbocycles. The van der Waals surface area contributed by atoms with Crippen LogP contribution in [0.25, 0.3) is 11.1 Å². The molecule has 0 bridgehead atoms. The molecule has 4 aromatic carbocycles. The van der Waals surface area contributed by atoms with Crippen molar-refractivity contribution in [1.82, 2.24) is 0 Å². The number of para-hydroxylation sites is 2. The number of hydrogen-bond donors (Lipinski definition) is 0. The van der Waals surface area contributed by atoms with Crippen LogP contribution in [-0.4, -0.2) is 0 Å². The monoisotopic (exact) mass is 398 g/mol. The molecular formula is C25H19O3P. The van der Waals surface area contributed by atoms with E-state index in [9.17, 15) is 0 Å². The molecule has 1 aliphatic rings. The molecule has 5 rings (SSSR count). The summed E-state index contributed by atoms with van der Waals surface area (Å²) in [4.78, 5) is 0. The van der Waals surface area contributed by atoms with Crippen LogP contribution in [-0.2, 0) is 6.42 Å². The van der Waals surface area contributed by atoms with E-state index >= 15 is 0 Å². The van der Waals surface area contributed by atoms with Crippen LogP contribution in [0.1, 0.15) is 11.1 Å². The van der Waals surface area contributed by atoms with Crippen molar-refractivity contribution in [2.24, 2.45) is 0 Å². The van der Waals surface area contributed by atoms with Crippen molar-refractivity contribution in [3.63, 3.8) is 0 Å². The summed E-state index contributed by atoms with van der Waals surface area (Å²) in [5.41, 5.74) is 4.98.